The van der Waals surface area contributed by atoms with Crippen molar-refractivity contribution in [3.05, 3.63) is 101 Å². The molecular weight excluding hydrogens is 565 g/mol. The Morgan fingerprint density at radius 3 is 2.22 bits per heavy atom. The van der Waals surface area contributed by atoms with E-state index in [-0.39, 0.29) is 43.7 Å². The number of hydrogen-bond donors (Lipinski definition) is 1. The van der Waals surface area contributed by atoms with Crippen molar-refractivity contribution < 1.29 is 22.4 Å². The van der Waals surface area contributed by atoms with E-state index in [1.807, 2.05) is 50.2 Å². The molecule has 1 atom stereocenters. The maximum absolute atomic E-state index is 13.8. The van der Waals surface area contributed by atoms with E-state index in [1.165, 1.54) is 24.3 Å². The zero-order valence-electron chi connectivity index (χ0n) is 23.6. The Bertz CT molecular complexity index is 1400. The van der Waals surface area contributed by atoms with Crippen LogP contribution in [0.3, 0.4) is 0 Å². The molecule has 1 unspecified atom stereocenters. The van der Waals surface area contributed by atoms with Crippen molar-refractivity contribution in [2.75, 3.05) is 23.7 Å². The molecule has 220 valence electrons. The van der Waals surface area contributed by atoms with Gasteiger partial charge in [0.15, 0.2) is 0 Å². The summed E-state index contributed by atoms with van der Waals surface area (Å²) < 4.78 is 39.6. The molecule has 0 saturated heterocycles. The number of benzene rings is 3. The Balaban J connectivity index is 1.87. The highest BCUT2D eigenvalue weighted by molar-refractivity contribution is 7.92. The van der Waals surface area contributed by atoms with Gasteiger partial charge in [0, 0.05) is 37.5 Å². The lowest BCUT2D eigenvalue weighted by atomic mass is 10.0. The Morgan fingerprint density at radius 1 is 0.951 bits per heavy atom. The number of sulfonamides is 1. The maximum atomic E-state index is 13.8. The van der Waals surface area contributed by atoms with E-state index in [0.29, 0.717) is 23.7 Å². The van der Waals surface area contributed by atoms with Crippen molar-refractivity contribution in [1.29, 1.82) is 0 Å². The summed E-state index contributed by atoms with van der Waals surface area (Å²) in [6.07, 6.45) is 1.57. The van der Waals surface area contributed by atoms with Gasteiger partial charge in [-0.1, -0.05) is 67.9 Å². The lowest BCUT2D eigenvalue weighted by Crippen LogP contribution is -2.51. The van der Waals surface area contributed by atoms with Gasteiger partial charge < -0.3 is 10.2 Å². The van der Waals surface area contributed by atoms with Crippen molar-refractivity contribution in [1.82, 2.24) is 10.2 Å². The molecule has 1 N–H and O–H groups in total. The molecule has 3 aromatic rings. The first-order valence-corrected chi connectivity index (χ1v) is 15.8. The summed E-state index contributed by atoms with van der Waals surface area (Å²) in [4.78, 5) is 28.9. The Hall–Kier alpha value is -3.43. The molecule has 41 heavy (non-hydrogen) atoms. The summed E-state index contributed by atoms with van der Waals surface area (Å²) in [6.45, 7) is 4.63. The van der Waals surface area contributed by atoms with Gasteiger partial charge in [0.1, 0.15) is 11.9 Å². The van der Waals surface area contributed by atoms with Gasteiger partial charge in [-0.05, 0) is 59.9 Å². The number of nitrogens with zero attached hydrogens (tertiary/aromatic N) is 2. The van der Waals surface area contributed by atoms with Gasteiger partial charge in [-0.2, -0.15) is 0 Å². The average Bonchev–Trinajstić information content (AvgIpc) is 2.92. The molecule has 3 aromatic carbocycles. The van der Waals surface area contributed by atoms with Gasteiger partial charge in [-0.3, -0.25) is 13.9 Å². The van der Waals surface area contributed by atoms with Crippen LogP contribution in [0.5, 0.6) is 0 Å². The van der Waals surface area contributed by atoms with E-state index in [1.54, 1.807) is 23.1 Å². The van der Waals surface area contributed by atoms with E-state index in [4.69, 9.17) is 11.6 Å². The molecule has 0 fully saturated rings. The van der Waals surface area contributed by atoms with Gasteiger partial charge in [0.25, 0.3) is 0 Å². The van der Waals surface area contributed by atoms with E-state index in [2.05, 4.69) is 5.32 Å². The van der Waals surface area contributed by atoms with Crippen LogP contribution in [0.2, 0.25) is 5.02 Å². The largest absolute Gasteiger partial charge is 0.354 e. The number of carbonyl (C=O) groups excluding carboxylic acids is 2. The molecule has 3 rings (SSSR count). The first kappa shape index (κ1) is 32.1. The number of amides is 2. The SMILES string of the molecule is CC(C)CNC(=O)C(Cc1ccccc1)N(Cc1cccc(Cl)c1)C(=O)CCCN(c1ccc(F)cc1)S(C)(=O)=O. The molecule has 0 bridgehead atoms. The molecule has 0 spiro atoms. The Labute approximate surface area is 247 Å². The maximum Gasteiger partial charge on any atom is 0.243 e. The third-order valence-electron chi connectivity index (χ3n) is 6.46. The molecule has 0 aliphatic heterocycles. The van der Waals surface area contributed by atoms with Gasteiger partial charge in [-0.25, -0.2) is 12.8 Å². The van der Waals surface area contributed by atoms with Crippen LogP contribution in [-0.2, 0) is 32.6 Å². The Morgan fingerprint density at radius 2 is 1.61 bits per heavy atom. The fraction of sp³-hybridized carbons (Fsp3) is 0.355. The monoisotopic (exact) mass is 601 g/mol. The van der Waals surface area contributed by atoms with E-state index in [0.717, 1.165) is 21.7 Å². The van der Waals surface area contributed by atoms with Crippen molar-refractivity contribution >= 4 is 39.1 Å². The third-order valence-corrected chi connectivity index (χ3v) is 7.89. The van der Waals surface area contributed by atoms with Crippen LogP contribution in [0.15, 0.2) is 78.9 Å². The highest BCUT2D eigenvalue weighted by Gasteiger charge is 2.30. The van der Waals surface area contributed by atoms with Crippen LogP contribution < -0.4 is 9.62 Å². The van der Waals surface area contributed by atoms with Crippen molar-refractivity contribution in [3.8, 4) is 0 Å². The molecular formula is C31H37ClFN3O4S. The standard InChI is InChI=1S/C31H37ClFN3O4S/c1-23(2)21-34-31(38)29(20-24-9-5-4-6-10-24)35(22-25-11-7-12-26(32)19-25)30(37)13-8-18-36(41(3,39)40)28-16-14-27(33)15-17-28/h4-7,9-12,14-17,19,23,29H,8,13,18,20-22H2,1-3H3,(H,34,38). The zero-order valence-corrected chi connectivity index (χ0v) is 25.2. The van der Waals surface area contributed by atoms with Crippen LogP contribution in [0.4, 0.5) is 10.1 Å². The molecule has 2 amide bonds. The van der Waals surface area contributed by atoms with Crippen LogP contribution >= 0.6 is 11.6 Å². The summed E-state index contributed by atoms with van der Waals surface area (Å²) >= 11 is 6.22. The first-order valence-electron chi connectivity index (χ1n) is 13.5. The lowest BCUT2D eigenvalue weighted by molar-refractivity contribution is -0.141. The van der Waals surface area contributed by atoms with Crippen molar-refractivity contribution in [3.63, 3.8) is 0 Å². The van der Waals surface area contributed by atoms with E-state index in [9.17, 15) is 22.4 Å². The van der Waals surface area contributed by atoms with E-state index >= 15 is 0 Å². The smallest absolute Gasteiger partial charge is 0.243 e. The lowest BCUT2D eigenvalue weighted by Gasteiger charge is -2.32. The highest BCUT2D eigenvalue weighted by atomic mass is 35.5. The summed E-state index contributed by atoms with van der Waals surface area (Å²) in [5.41, 5.74) is 1.98. The predicted molar refractivity (Wildman–Crippen MR) is 162 cm³/mol. The molecule has 0 aromatic heterocycles. The topological polar surface area (TPSA) is 86.8 Å². The number of halogens is 2. The van der Waals surface area contributed by atoms with Gasteiger partial charge >= 0.3 is 0 Å². The van der Waals surface area contributed by atoms with Gasteiger partial charge in [0.2, 0.25) is 21.8 Å². The van der Waals surface area contributed by atoms with Crippen LogP contribution in [0, 0.1) is 11.7 Å². The number of carbonyl (C=O) groups is 2. The quantitative estimate of drug-likeness (QED) is 0.267. The second-order valence-electron chi connectivity index (χ2n) is 10.4. The first-order chi connectivity index (χ1) is 19.4. The van der Waals surface area contributed by atoms with E-state index < -0.39 is 21.9 Å². The molecule has 0 saturated carbocycles. The van der Waals surface area contributed by atoms with Crippen molar-refractivity contribution in [2.24, 2.45) is 5.92 Å². The van der Waals surface area contributed by atoms with Crippen LogP contribution in [0.25, 0.3) is 0 Å². The van der Waals surface area contributed by atoms with Crippen molar-refractivity contribution in [2.45, 2.75) is 45.7 Å². The van der Waals surface area contributed by atoms with Gasteiger partial charge in [0.05, 0.1) is 11.9 Å². The summed E-state index contributed by atoms with van der Waals surface area (Å²) in [6, 6.07) is 21.0. The summed E-state index contributed by atoms with van der Waals surface area (Å²) in [7, 11) is -3.68. The number of hydrogen-bond acceptors (Lipinski definition) is 4. The number of rotatable bonds is 14. The molecule has 0 radical (unpaired) electrons. The second kappa shape index (κ2) is 15.0. The normalized spacial score (nSPS) is 12.1. The number of nitrogens with one attached hydrogen (secondary N) is 1. The molecule has 7 nitrogen and oxygen atoms in total. The second-order valence-corrected chi connectivity index (χ2v) is 12.8. The van der Waals surface area contributed by atoms with Crippen LogP contribution in [0.1, 0.15) is 37.8 Å². The third kappa shape index (κ3) is 10.2. The highest BCUT2D eigenvalue weighted by Crippen LogP contribution is 2.21. The molecule has 10 heteroatoms. The minimum Gasteiger partial charge on any atom is -0.354 e. The minimum atomic E-state index is -3.68. The minimum absolute atomic E-state index is 0.00344. The zero-order chi connectivity index (χ0) is 30.0. The van der Waals surface area contributed by atoms with Crippen LogP contribution in [-0.4, -0.2) is 50.5 Å². The molecule has 0 aliphatic rings. The fourth-order valence-electron chi connectivity index (χ4n) is 4.42. The predicted octanol–water partition coefficient (Wildman–Crippen LogP) is 5.44. The number of anilines is 1. The molecule has 0 aliphatic carbocycles. The fourth-order valence-corrected chi connectivity index (χ4v) is 5.60. The average molecular weight is 602 g/mol. The molecule has 0 heterocycles. The summed E-state index contributed by atoms with van der Waals surface area (Å²) in [5, 5.41) is 3.49. The Kier molecular flexibility index (Phi) is 11.7. The van der Waals surface area contributed by atoms with Gasteiger partial charge in [-0.15, -0.1) is 0 Å². The summed E-state index contributed by atoms with van der Waals surface area (Å²) in [5.74, 6) is -0.809.